The average molecular weight is 345 g/mol. The van der Waals surface area contributed by atoms with Crippen LogP contribution in [0.4, 0.5) is 0 Å². The molecule has 0 unspecified atom stereocenters. The summed E-state index contributed by atoms with van der Waals surface area (Å²) >= 11 is 2.71. The molecule has 7 heteroatoms. The van der Waals surface area contributed by atoms with Crippen LogP contribution in [-0.4, -0.2) is 25.7 Å². The molecule has 3 aromatic heterocycles. The maximum atomic E-state index is 12.5. The van der Waals surface area contributed by atoms with Gasteiger partial charge < -0.3 is 4.57 Å². The number of ketones is 1. The first-order valence-corrected chi connectivity index (χ1v) is 8.84. The summed E-state index contributed by atoms with van der Waals surface area (Å²) in [5.41, 5.74) is 0.553. The molecule has 0 aliphatic heterocycles. The SMILES string of the molecule is C=CCn1c(SCC(=O)c2cccn2C)nc2sccc2c1=O. The number of aromatic nitrogens is 3. The number of nitrogens with zero attached hydrogens (tertiary/aromatic N) is 3. The van der Waals surface area contributed by atoms with Crippen molar-refractivity contribution in [2.24, 2.45) is 7.05 Å². The van der Waals surface area contributed by atoms with Crippen LogP contribution >= 0.6 is 23.1 Å². The predicted molar refractivity (Wildman–Crippen MR) is 94.5 cm³/mol. The zero-order chi connectivity index (χ0) is 16.4. The van der Waals surface area contributed by atoms with Crippen LogP contribution < -0.4 is 5.56 Å². The van der Waals surface area contributed by atoms with Crippen LogP contribution in [0.3, 0.4) is 0 Å². The summed E-state index contributed by atoms with van der Waals surface area (Å²) in [5, 5.41) is 3.00. The summed E-state index contributed by atoms with van der Waals surface area (Å²) in [6, 6.07) is 5.40. The first-order chi connectivity index (χ1) is 11.1. The predicted octanol–water partition coefficient (Wildman–Crippen LogP) is 2.96. The van der Waals surface area contributed by atoms with E-state index in [0.717, 1.165) is 0 Å². The van der Waals surface area contributed by atoms with Crippen molar-refractivity contribution in [1.82, 2.24) is 14.1 Å². The molecule has 0 amide bonds. The van der Waals surface area contributed by atoms with Crippen LogP contribution in [0.5, 0.6) is 0 Å². The van der Waals surface area contributed by atoms with Crippen LogP contribution in [0.25, 0.3) is 10.2 Å². The molecular weight excluding hydrogens is 330 g/mol. The maximum absolute atomic E-state index is 12.5. The monoisotopic (exact) mass is 345 g/mol. The minimum absolute atomic E-state index is 0.00757. The second-order valence-electron chi connectivity index (χ2n) is 4.95. The highest BCUT2D eigenvalue weighted by Crippen LogP contribution is 2.22. The Hall–Kier alpha value is -2.12. The van der Waals surface area contributed by atoms with Crippen molar-refractivity contribution in [2.75, 3.05) is 5.75 Å². The number of allylic oxidation sites excluding steroid dienone is 1. The standard InChI is InChI=1S/C16H15N3O2S2/c1-3-7-19-15(21)11-6-9-22-14(11)17-16(19)23-10-13(20)12-5-4-8-18(12)2/h3-6,8-9H,1,7,10H2,2H3. The molecule has 0 fully saturated rings. The molecule has 3 rings (SSSR count). The molecule has 0 bridgehead atoms. The second-order valence-corrected chi connectivity index (χ2v) is 6.79. The Labute approximate surface area is 141 Å². The van der Waals surface area contributed by atoms with E-state index in [1.54, 1.807) is 27.3 Å². The van der Waals surface area contributed by atoms with Crippen LogP contribution in [0.15, 0.2) is 52.4 Å². The summed E-state index contributed by atoms with van der Waals surface area (Å²) in [4.78, 5) is 30.0. The van der Waals surface area contributed by atoms with E-state index >= 15 is 0 Å². The molecule has 0 saturated carbocycles. The lowest BCUT2D eigenvalue weighted by Gasteiger charge is -2.09. The zero-order valence-corrected chi connectivity index (χ0v) is 14.2. The van der Waals surface area contributed by atoms with E-state index in [4.69, 9.17) is 0 Å². The molecule has 3 heterocycles. The molecule has 5 nitrogen and oxygen atoms in total. The summed E-state index contributed by atoms with van der Waals surface area (Å²) in [6.07, 6.45) is 3.49. The van der Waals surface area contributed by atoms with E-state index in [1.807, 2.05) is 24.7 Å². The Morgan fingerprint density at radius 3 is 3.00 bits per heavy atom. The molecule has 118 valence electrons. The number of Topliss-reactive ketones (excluding diaryl/α,β-unsaturated/α-hetero) is 1. The largest absolute Gasteiger partial charge is 0.348 e. The Kier molecular flexibility index (Phi) is 4.49. The highest BCUT2D eigenvalue weighted by atomic mass is 32.2. The fourth-order valence-electron chi connectivity index (χ4n) is 2.29. The number of carbonyl (C=O) groups is 1. The normalized spacial score (nSPS) is 11.0. The highest BCUT2D eigenvalue weighted by Gasteiger charge is 2.15. The molecule has 0 N–H and O–H groups in total. The van der Waals surface area contributed by atoms with Gasteiger partial charge in [-0.25, -0.2) is 4.98 Å². The van der Waals surface area contributed by atoms with Gasteiger partial charge in [0.2, 0.25) is 0 Å². The number of aryl methyl sites for hydroxylation is 1. The zero-order valence-electron chi connectivity index (χ0n) is 12.6. The van der Waals surface area contributed by atoms with Crippen molar-refractivity contribution < 1.29 is 4.79 Å². The van der Waals surface area contributed by atoms with Crippen LogP contribution in [-0.2, 0) is 13.6 Å². The molecular formula is C16H15N3O2S2. The Morgan fingerprint density at radius 2 is 2.30 bits per heavy atom. The maximum Gasteiger partial charge on any atom is 0.263 e. The van der Waals surface area contributed by atoms with Gasteiger partial charge in [-0.2, -0.15) is 0 Å². The molecule has 0 saturated heterocycles. The molecule has 0 aromatic carbocycles. The van der Waals surface area contributed by atoms with Gasteiger partial charge in [-0.15, -0.1) is 17.9 Å². The van der Waals surface area contributed by atoms with Gasteiger partial charge in [-0.05, 0) is 23.6 Å². The summed E-state index contributed by atoms with van der Waals surface area (Å²) in [6.45, 7) is 4.06. The number of rotatable bonds is 6. The summed E-state index contributed by atoms with van der Waals surface area (Å²) in [7, 11) is 1.83. The average Bonchev–Trinajstić information content (AvgIpc) is 3.17. The molecule has 0 atom stereocenters. The number of carbonyl (C=O) groups excluding carboxylic acids is 1. The summed E-state index contributed by atoms with van der Waals surface area (Å²) < 4.78 is 3.35. The topological polar surface area (TPSA) is 56.9 Å². The lowest BCUT2D eigenvalue weighted by molar-refractivity contribution is 0.101. The minimum Gasteiger partial charge on any atom is -0.348 e. The van der Waals surface area contributed by atoms with Gasteiger partial charge in [0.15, 0.2) is 10.9 Å². The fourth-order valence-corrected chi connectivity index (χ4v) is 3.97. The van der Waals surface area contributed by atoms with Gasteiger partial charge in [0.05, 0.1) is 16.8 Å². The van der Waals surface area contributed by atoms with E-state index in [1.165, 1.54) is 23.1 Å². The van der Waals surface area contributed by atoms with Crippen molar-refractivity contribution in [3.63, 3.8) is 0 Å². The Bertz CT molecular complexity index is 936. The van der Waals surface area contributed by atoms with Crippen LogP contribution in [0.2, 0.25) is 0 Å². The highest BCUT2D eigenvalue weighted by molar-refractivity contribution is 7.99. The van der Waals surface area contributed by atoms with E-state index in [0.29, 0.717) is 27.6 Å². The molecule has 0 aliphatic carbocycles. The lowest BCUT2D eigenvalue weighted by atomic mass is 10.3. The number of hydrogen-bond donors (Lipinski definition) is 0. The molecule has 0 aliphatic rings. The van der Waals surface area contributed by atoms with Gasteiger partial charge in [0.25, 0.3) is 5.56 Å². The Balaban J connectivity index is 1.91. The third-order valence-electron chi connectivity index (χ3n) is 3.42. The van der Waals surface area contributed by atoms with Crippen molar-refractivity contribution >= 4 is 39.1 Å². The van der Waals surface area contributed by atoms with E-state index < -0.39 is 0 Å². The number of thiophene rings is 1. The van der Waals surface area contributed by atoms with Crippen LogP contribution in [0, 0.1) is 0 Å². The van der Waals surface area contributed by atoms with Gasteiger partial charge in [-0.1, -0.05) is 17.8 Å². The van der Waals surface area contributed by atoms with Crippen LogP contribution in [0.1, 0.15) is 10.5 Å². The smallest absolute Gasteiger partial charge is 0.263 e. The van der Waals surface area contributed by atoms with Gasteiger partial charge in [0.1, 0.15) is 4.83 Å². The van der Waals surface area contributed by atoms with E-state index in [-0.39, 0.29) is 17.1 Å². The van der Waals surface area contributed by atoms with Gasteiger partial charge >= 0.3 is 0 Å². The quantitative estimate of drug-likeness (QED) is 0.298. The molecule has 0 radical (unpaired) electrons. The van der Waals surface area contributed by atoms with Crippen molar-refractivity contribution in [3.8, 4) is 0 Å². The molecule has 3 aromatic rings. The second kappa shape index (κ2) is 6.55. The van der Waals surface area contributed by atoms with Crippen molar-refractivity contribution in [1.29, 1.82) is 0 Å². The van der Waals surface area contributed by atoms with Crippen molar-refractivity contribution in [3.05, 3.63) is 58.5 Å². The summed E-state index contributed by atoms with van der Waals surface area (Å²) in [5.74, 6) is 0.242. The third kappa shape index (κ3) is 3.02. The number of fused-ring (bicyclic) bond motifs is 1. The van der Waals surface area contributed by atoms with Crippen molar-refractivity contribution in [2.45, 2.75) is 11.7 Å². The van der Waals surface area contributed by atoms with Gasteiger partial charge in [0, 0.05) is 19.8 Å². The lowest BCUT2D eigenvalue weighted by Crippen LogP contribution is -2.22. The fraction of sp³-hybridized carbons (Fsp3) is 0.188. The molecule has 0 spiro atoms. The first kappa shape index (κ1) is 15.8. The van der Waals surface area contributed by atoms with E-state index in [2.05, 4.69) is 11.6 Å². The number of hydrogen-bond acceptors (Lipinski definition) is 5. The van der Waals surface area contributed by atoms with E-state index in [9.17, 15) is 9.59 Å². The number of thioether (sulfide) groups is 1. The Morgan fingerprint density at radius 1 is 1.48 bits per heavy atom. The van der Waals surface area contributed by atoms with Gasteiger partial charge in [-0.3, -0.25) is 14.2 Å². The third-order valence-corrected chi connectivity index (χ3v) is 5.20. The first-order valence-electron chi connectivity index (χ1n) is 6.98. The minimum atomic E-state index is -0.0926. The molecule has 23 heavy (non-hydrogen) atoms.